The standard InChI is InChI=1S/C23H15ClF6N2O2S/c24-19-12-16(23(28,29)30)4-8-20(19)35(33,34)32-17-5-1-13(2-6-17)21-18-7-3-15(22(25,26)27)11-14(18)9-10-31-21/h1-8,11-12,32H,9-10H2. The van der Waals surface area contributed by atoms with Gasteiger partial charge in [0.2, 0.25) is 0 Å². The lowest BCUT2D eigenvalue weighted by Gasteiger charge is -2.19. The molecule has 184 valence electrons. The molecule has 0 saturated heterocycles. The monoisotopic (exact) mass is 532 g/mol. The highest BCUT2D eigenvalue weighted by Gasteiger charge is 2.33. The Hall–Kier alpha value is -3.05. The maximum atomic E-state index is 13.0. The molecular weight excluding hydrogens is 518 g/mol. The van der Waals surface area contributed by atoms with Gasteiger partial charge in [-0.3, -0.25) is 9.71 Å². The summed E-state index contributed by atoms with van der Waals surface area (Å²) in [6.45, 7) is 0.296. The largest absolute Gasteiger partial charge is 0.416 e. The molecular formula is C23H15ClF6N2O2S. The fourth-order valence-corrected chi connectivity index (χ4v) is 5.23. The first-order chi connectivity index (χ1) is 16.3. The fourth-order valence-electron chi connectivity index (χ4n) is 3.63. The molecule has 3 aromatic carbocycles. The third-order valence-corrected chi connectivity index (χ3v) is 7.16. The molecule has 0 unspecified atom stereocenters. The minimum absolute atomic E-state index is 0.105. The maximum Gasteiger partial charge on any atom is 0.416 e. The zero-order chi connectivity index (χ0) is 25.6. The van der Waals surface area contributed by atoms with Gasteiger partial charge in [0, 0.05) is 23.4 Å². The molecule has 0 bridgehead atoms. The van der Waals surface area contributed by atoms with Gasteiger partial charge in [0.1, 0.15) is 4.90 Å². The van der Waals surface area contributed by atoms with Gasteiger partial charge in [0.15, 0.2) is 0 Å². The summed E-state index contributed by atoms with van der Waals surface area (Å²) < 4.78 is 105. The van der Waals surface area contributed by atoms with E-state index < -0.39 is 43.4 Å². The Morgan fingerprint density at radius 3 is 2.03 bits per heavy atom. The number of hydrogen-bond acceptors (Lipinski definition) is 3. The summed E-state index contributed by atoms with van der Waals surface area (Å²) in [6.07, 6.45) is -8.78. The van der Waals surface area contributed by atoms with E-state index in [4.69, 9.17) is 11.6 Å². The molecule has 0 atom stereocenters. The molecule has 1 heterocycles. The molecule has 12 heteroatoms. The van der Waals surface area contributed by atoms with Crippen LogP contribution in [0.4, 0.5) is 32.0 Å². The molecule has 0 saturated carbocycles. The van der Waals surface area contributed by atoms with Gasteiger partial charge in [-0.1, -0.05) is 29.8 Å². The molecule has 0 radical (unpaired) electrons. The smallest absolute Gasteiger partial charge is 0.284 e. The molecule has 3 aromatic rings. The second-order valence-corrected chi connectivity index (χ2v) is 9.73. The molecule has 35 heavy (non-hydrogen) atoms. The van der Waals surface area contributed by atoms with Gasteiger partial charge in [-0.05, 0) is 54.4 Å². The van der Waals surface area contributed by atoms with Crippen molar-refractivity contribution >= 4 is 33.0 Å². The number of benzene rings is 3. The lowest BCUT2D eigenvalue weighted by atomic mass is 9.92. The van der Waals surface area contributed by atoms with E-state index in [0.29, 0.717) is 47.5 Å². The van der Waals surface area contributed by atoms with Crippen LogP contribution in [0.25, 0.3) is 0 Å². The number of nitrogens with one attached hydrogen (secondary N) is 1. The van der Waals surface area contributed by atoms with Gasteiger partial charge < -0.3 is 0 Å². The Labute approximate surface area is 201 Å². The number of alkyl halides is 6. The predicted molar refractivity (Wildman–Crippen MR) is 119 cm³/mol. The summed E-state index contributed by atoms with van der Waals surface area (Å²) in [5, 5.41) is -0.588. The summed E-state index contributed by atoms with van der Waals surface area (Å²) in [4.78, 5) is 3.89. The maximum absolute atomic E-state index is 13.0. The fraction of sp³-hybridized carbons (Fsp3) is 0.174. The van der Waals surface area contributed by atoms with Crippen molar-refractivity contribution in [1.82, 2.24) is 0 Å². The van der Waals surface area contributed by atoms with Gasteiger partial charge in [-0.2, -0.15) is 26.3 Å². The van der Waals surface area contributed by atoms with E-state index in [2.05, 4.69) is 9.71 Å². The molecule has 0 aromatic heterocycles. The summed E-state index contributed by atoms with van der Waals surface area (Å²) in [7, 11) is -4.30. The van der Waals surface area contributed by atoms with E-state index in [1.807, 2.05) is 0 Å². The van der Waals surface area contributed by atoms with Crippen LogP contribution in [0.2, 0.25) is 5.02 Å². The van der Waals surface area contributed by atoms with Crippen molar-refractivity contribution in [2.24, 2.45) is 4.99 Å². The predicted octanol–water partition coefficient (Wildman–Crippen LogP) is 6.57. The van der Waals surface area contributed by atoms with Crippen molar-refractivity contribution in [1.29, 1.82) is 0 Å². The molecule has 1 aliphatic heterocycles. The Balaban J connectivity index is 1.57. The highest BCUT2D eigenvalue weighted by atomic mass is 35.5. The van der Waals surface area contributed by atoms with E-state index in [9.17, 15) is 34.8 Å². The molecule has 0 amide bonds. The minimum atomic E-state index is -4.68. The molecule has 4 nitrogen and oxygen atoms in total. The number of anilines is 1. The third-order valence-electron chi connectivity index (χ3n) is 5.30. The van der Waals surface area contributed by atoms with Gasteiger partial charge >= 0.3 is 12.4 Å². The van der Waals surface area contributed by atoms with Crippen LogP contribution in [0, 0.1) is 0 Å². The number of fused-ring (bicyclic) bond motifs is 1. The minimum Gasteiger partial charge on any atom is -0.284 e. The van der Waals surface area contributed by atoms with Crippen molar-refractivity contribution < 1.29 is 34.8 Å². The topological polar surface area (TPSA) is 58.5 Å². The molecule has 1 N–H and O–H groups in total. The van der Waals surface area contributed by atoms with Crippen molar-refractivity contribution in [3.63, 3.8) is 0 Å². The Morgan fingerprint density at radius 1 is 0.829 bits per heavy atom. The Morgan fingerprint density at radius 2 is 1.43 bits per heavy atom. The summed E-state index contributed by atoms with van der Waals surface area (Å²) in [5.41, 5.74) is 0.363. The number of sulfonamides is 1. The average molecular weight is 533 g/mol. The van der Waals surface area contributed by atoms with Crippen LogP contribution in [-0.4, -0.2) is 20.7 Å². The van der Waals surface area contributed by atoms with E-state index in [-0.39, 0.29) is 5.69 Å². The van der Waals surface area contributed by atoms with Crippen LogP contribution in [0.1, 0.15) is 27.8 Å². The first kappa shape index (κ1) is 25.1. The zero-order valence-electron chi connectivity index (χ0n) is 17.5. The second-order valence-electron chi connectivity index (χ2n) is 7.68. The van der Waals surface area contributed by atoms with E-state index in [0.717, 1.165) is 18.2 Å². The molecule has 4 rings (SSSR count). The highest BCUT2D eigenvalue weighted by molar-refractivity contribution is 7.92. The molecule has 0 fully saturated rings. The van der Waals surface area contributed by atoms with Crippen molar-refractivity contribution in [2.45, 2.75) is 23.7 Å². The van der Waals surface area contributed by atoms with Crippen molar-refractivity contribution in [3.05, 3.63) is 93.5 Å². The summed E-state index contributed by atoms with van der Waals surface area (Å²) >= 11 is 5.79. The Kier molecular flexibility index (Phi) is 6.35. The van der Waals surface area contributed by atoms with Crippen LogP contribution < -0.4 is 4.72 Å². The number of halogens is 7. The zero-order valence-corrected chi connectivity index (χ0v) is 19.1. The van der Waals surface area contributed by atoms with Crippen LogP contribution in [-0.2, 0) is 28.8 Å². The number of aliphatic imine (C=N–C) groups is 1. The lowest BCUT2D eigenvalue weighted by molar-refractivity contribution is -0.138. The quantitative estimate of drug-likeness (QED) is 0.386. The SMILES string of the molecule is O=S(=O)(Nc1ccc(C2=NCCc3cc(C(F)(F)F)ccc32)cc1)c1ccc(C(F)(F)F)cc1Cl. The summed E-state index contributed by atoms with van der Waals surface area (Å²) in [5.74, 6) is 0. The van der Waals surface area contributed by atoms with Crippen LogP contribution in [0.5, 0.6) is 0 Å². The highest BCUT2D eigenvalue weighted by Crippen LogP contribution is 2.35. The number of nitrogens with zero attached hydrogens (tertiary/aromatic N) is 1. The van der Waals surface area contributed by atoms with E-state index >= 15 is 0 Å². The molecule has 1 aliphatic rings. The van der Waals surface area contributed by atoms with Crippen molar-refractivity contribution in [3.8, 4) is 0 Å². The first-order valence-electron chi connectivity index (χ1n) is 10.0. The summed E-state index contributed by atoms with van der Waals surface area (Å²) in [6, 6.07) is 11.3. The average Bonchev–Trinajstić information content (AvgIpc) is 2.77. The van der Waals surface area contributed by atoms with Gasteiger partial charge in [0.25, 0.3) is 10.0 Å². The van der Waals surface area contributed by atoms with Crippen LogP contribution in [0.15, 0.2) is 70.6 Å². The van der Waals surface area contributed by atoms with E-state index in [1.165, 1.54) is 30.3 Å². The van der Waals surface area contributed by atoms with Gasteiger partial charge in [-0.25, -0.2) is 8.42 Å². The van der Waals surface area contributed by atoms with Gasteiger partial charge in [0.05, 0.1) is 21.9 Å². The second kappa shape index (κ2) is 8.87. The third kappa shape index (κ3) is 5.30. The number of rotatable bonds is 4. The first-order valence-corrected chi connectivity index (χ1v) is 11.9. The van der Waals surface area contributed by atoms with E-state index in [1.54, 1.807) is 0 Å². The lowest BCUT2D eigenvalue weighted by Crippen LogP contribution is -2.17. The van der Waals surface area contributed by atoms with Gasteiger partial charge in [-0.15, -0.1) is 0 Å². The number of hydrogen-bond donors (Lipinski definition) is 1. The molecule has 0 aliphatic carbocycles. The normalized spacial score (nSPS) is 14.3. The van der Waals surface area contributed by atoms with Crippen molar-refractivity contribution in [2.75, 3.05) is 11.3 Å². The molecule has 0 spiro atoms. The van der Waals surface area contributed by atoms with Crippen LogP contribution >= 0.6 is 11.6 Å². The Bertz CT molecular complexity index is 1420. The van der Waals surface area contributed by atoms with Crippen LogP contribution in [0.3, 0.4) is 0 Å².